The average molecular weight is 512 g/mol. The van der Waals surface area contributed by atoms with Crippen molar-refractivity contribution in [1.29, 1.82) is 0 Å². The Labute approximate surface area is 210 Å². The number of ether oxygens (including phenoxy) is 5. The number of carbonyl (C=O) groups excluding carboxylic acids is 4. The van der Waals surface area contributed by atoms with Gasteiger partial charge in [-0.1, -0.05) is 44.2 Å². The van der Waals surface area contributed by atoms with Gasteiger partial charge in [0.05, 0.1) is 11.9 Å². The molecule has 1 aromatic rings. The number of esters is 4. The van der Waals surface area contributed by atoms with Crippen molar-refractivity contribution in [2.75, 3.05) is 6.61 Å². The molecule has 0 unspecified atom stereocenters. The molecule has 0 bridgehead atoms. The summed E-state index contributed by atoms with van der Waals surface area (Å²) in [4.78, 5) is 47.2. The molecule has 1 aliphatic rings. The van der Waals surface area contributed by atoms with Gasteiger partial charge in [-0.2, -0.15) is 0 Å². The Kier molecular flexibility index (Phi) is 11.8. The van der Waals surface area contributed by atoms with Crippen LogP contribution in [-0.4, -0.2) is 69.9 Å². The summed E-state index contributed by atoms with van der Waals surface area (Å²) in [5.41, 5.74) is 0.721. The summed E-state index contributed by atoms with van der Waals surface area (Å²) in [6, 6.07) is 0. The molecule has 5 atom stereocenters. The van der Waals surface area contributed by atoms with Crippen LogP contribution in [0.5, 0.6) is 0 Å². The van der Waals surface area contributed by atoms with E-state index in [9.17, 15) is 19.2 Å². The van der Waals surface area contributed by atoms with Crippen molar-refractivity contribution in [3.63, 3.8) is 0 Å². The number of unbranched alkanes of at least 4 members (excludes halogenated alkanes) is 5. The Bertz CT molecular complexity index is 888. The Morgan fingerprint density at radius 3 is 2.03 bits per heavy atom. The van der Waals surface area contributed by atoms with Gasteiger partial charge in [-0.25, -0.2) is 4.68 Å². The molecule has 1 aromatic heterocycles. The second-order valence-electron chi connectivity index (χ2n) is 8.80. The van der Waals surface area contributed by atoms with E-state index in [1.165, 1.54) is 51.6 Å². The van der Waals surface area contributed by atoms with Crippen LogP contribution < -0.4 is 0 Å². The smallest absolute Gasteiger partial charge is 0.303 e. The highest BCUT2D eigenvalue weighted by atomic mass is 16.7. The number of rotatable bonds is 13. The van der Waals surface area contributed by atoms with Crippen molar-refractivity contribution in [2.45, 2.75) is 110 Å². The summed E-state index contributed by atoms with van der Waals surface area (Å²) >= 11 is 0. The summed E-state index contributed by atoms with van der Waals surface area (Å²) in [5, 5.41) is 8.35. The minimum absolute atomic E-state index is 0.298. The zero-order valence-corrected chi connectivity index (χ0v) is 21.6. The molecule has 0 radical (unpaired) electrons. The van der Waals surface area contributed by atoms with Crippen LogP contribution in [0, 0.1) is 0 Å². The first-order chi connectivity index (χ1) is 17.1. The van der Waals surface area contributed by atoms with Crippen LogP contribution in [-0.2, 0) is 49.3 Å². The zero-order chi connectivity index (χ0) is 26.7. The largest absolute Gasteiger partial charge is 0.463 e. The molecule has 0 saturated carbocycles. The van der Waals surface area contributed by atoms with Crippen molar-refractivity contribution in [1.82, 2.24) is 15.0 Å². The van der Waals surface area contributed by atoms with Gasteiger partial charge in [0.2, 0.25) is 0 Å². The highest BCUT2D eigenvalue weighted by Crippen LogP contribution is 2.34. The highest BCUT2D eigenvalue weighted by Gasteiger charge is 2.53. The average Bonchev–Trinajstić information content (AvgIpc) is 3.25. The number of hydrogen-bond acceptors (Lipinski definition) is 11. The lowest BCUT2D eigenvalue weighted by molar-refractivity contribution is -0.270. The minimum Gasteiger partial charge on any atom is -0.463 e. The first kappa shape index (κ1) is 29.2. The second kappa shape index (κ2) is 14.5. The molecule has 0 N–H and O–H groups in total. The molecule has 0 amide bonds. The second-order valence-corrected chi connectivity index (χ2v) is 8.80. The van der Waals surface area contributed by atoms with Crippen LogP contribution in [0.3, 0.4) is 0 Å². The fourth-order valence-corrected chi connectivity index (χ4v) is 4.06. The Balaban J connectivity index is 2.31. The molecular formula is C24H37N3O9. The molecule has 12 heteroatoms. The summed E-state index contributed by atoms with van der Waals surface area (Å²) in [6.07, 6.45) is 3.36. The van der Waals surface area contributed by atoms with E-state index in [-0.39, 0.29) is 6.61 Å². The SMILES string of the molecule is CCCCCCCCc1cn([C@@H]2O[C@H](COC(C)=O)[C@@H](OC(C)=O)[C@H](OC(C)=O)[C@H]2OC(C)=O)nn1. The Morgan fingerprint density at radius 1 is 0.833 bits per heavy atom. The maximum Gasteiger partial charge on any atom is 0.303 e. The van der Waals surface area contributed by atoms with Crippen LogP contribution in [0.2, 0.25) is 0 Å². The van der Waals surface area contributed by atoms with Crippen molar-refractivity contribution in [3.8, 4) is 0 Å². The lowest BCUT2D eigenvalue weighted by Crippen LogP contribution is -2.60. The summed E-state index contributed by atoms with van der Waals surface area (Å²) in [7, 11) is 0. The van der Waals surface area contributed by atoms with Crippen LogP contribution in [0.25, 0.3) is 0 Å². The van der Waals surface area contributed by atoms with Gasteiger partial charge in [-0.05, 0) is 12.8 Å². The van der Waals surface area contributed by atoms with Gasteiger partial charge in [0, 0.05) is 27.7 Å². The van der Waals surface area contributed by atoms with E-state index in [4.69, 9.17) is 23.7 Å². The van der Waals surface area contributed by atoms with Gasteiger partial charge in [-0.15, -0.1) is 5.10 Å². The quantitative estimate of drug-likeness (QED) is 0.219. The molecular weight excluding hydrogens is 474 g/mol. The van der Waals surface area contributed by atoms with Gasteiger partial charge >= 0.3 is 23.9 Å². The van der Waals surface area contributed by atoms with Gasteiger partial charge < -0.3 is 23.7 Å². The van der Waals surface area contributed by atoms with Gasteiger partial charge in [0.25, 0.3) is 0 Å². The van der Waals surface area contributed by atoms with Crippen LogP contribution in [0.4, 0.5) is 0 Å². The predicted molar refractivity (Wildman–Crippen MR) is 124 cm³/mol. The number of carbonyl (C=O) groups is 4. The number of aryl methyl sites for hydroxylation is 1. The van der Waals surface area contributed by atoms with E-state index in [0.29, 0.717) is 6.42 Å². The third kappa shape index (κ3) is 9.21. The summed E-state index contributed by atoms with van der Waals surface area (Å²) in [5.74, 6) is -2.62. The highest BCUT2D eigenvalue weighted by molar-refractivity contribution is 5.68. The van der Waals surface area contributed by atoms with E-state index in [0.717, 1.165) is 25.0 Å². The molecule has 1 aliphatic heterocycles. The van der Waals surface area contributed by atoms with Crippen molar-refractivity contribution in [3.05, 3.63) is 11.9 Å². The predicted octanol–water partition coefficient (Wildman–Crippen LogP) is 2.44. The van der Waals surface area contributed by atoms with Crippen LogP contribution >= 0.6 is 0 Å². The summed E-state index contributed by atoms with van der Waals surface area (Å²) in [6.45, 7) is 6.64. The maximum absolute atomic E-state index is 12.0. The molecule has 2 heterocycles. The van der Waals surface area contributed by atoms with Gasteiger partial charge in [-0.3, -0.25) is 19.2 Å². The fraction of sp³-hybridized carbons (Fsp3) is 0.750. The monoisotopic (exact) mass is 511 g/mol. The van der Waals surface area contributed by atoms with Crippen LogP contribution in [0.1, 0.15) is 85.1 Å². The van der Waals surface area contributed by atoms with E-state index >= 15 is 0 Å². The lowest BCUT2D eigenvalue weighted by Gasteiger charge is -2.44. The standard InChI is InChI=1S/C24H37N3O9/c1-6-7-8-9-10-11-12-19-13-27(26-25-19)24-23(35-18(5)31)22(34-17(4)30)21(33-16(3)29)20(36-24)14-32-15(2)28/h13,20-24H,6-12,14H2,1-5H3/t20-,21-,22+,23-,24-/m1/s1. The van der Waals surface area contributed by atoms with Crippen molar-refractivity contribution < 1.29 is 42.9 Å². The molecule has 0 aromatic carbocycles. The fourth-order valence-electron chi connectivity index (χ4n) is 4.06. The Hall–Kier alpha value is -3.02. The van der Waals surface area contributed by atoms with Crippen molar-refractivity contribution in [2.24, 2.45) is 0 Å². The van der Waals surface area contributed by atoms with Gasteiger partial charge in [0.15, 0.2) is 24.5 Å². The number of hydrogen-bond donors (Lipinski definition) is 0. The topological polar surface area (TPSA) is 145 Å². The molecule has 0 spiro atoms. The van der Waals surface area contributed by atoms with E-state index in [2.05, 4.69) is 17.2 Å². The molecule has 1 fully saturated rings. The minimum atomic E-state index is -1.25. The molecule has 2 rings (SSSR count). The van der Waals surface area contributed by atoms with Crippen LogP contribution in [0.15, 0.2) is 6.20 Å². The zero-order valence-electron chi connectivity index (χ0n) is 21.6. The molecule has 12 nitrogen and oxygen atoms in total. The van der Waals surface area contributed by atoms with Gasteiger partial charge in [0.1, 0.15) is 12.7 Å². The first-order valence-corrected chi connectivity index (χ1v) is 12.3. The lowest BCUT2D eigenvalue weighted by atomic mass is 9.97. The molecule has 1 saturated heterocycles. The van der Waals surface area contributed by atoms with Crippen molar-refractivity contribution >= 4 is 23.9 Å². The molecule has 202 valence electrons. The molecule has 36 heavy (non-hydrogen) atoms. The summed E-state index contributed by atoms with van der Waals surface area (Å²) < 4.78 is 28.9. The van der Waals surface area contributed by atoms with E-state index < -0.39 is 54.5 Å². The third-order valence-electron chi connectivity index (χ3n) is 5.57. The normalized spacial score (nSPS) is 23.5. The third-order valence-corrected chi connectivity index (χ3v) is 5.57. The number of nitrogens with zero attached hydrogens (tertiary/aromatic N) is 3. The number of aromatic nitrogens is 3. The van der Waals surface area contributed by atoms with E-state index in [1.807, 2.05) is 0 Å². The van der Waals surface area contributed by atoms with E-state index in [1.54, 1.807) is 6.20 Å². The maximum atomic E-state index is 12.0. The Morgan fingerprint density at radius 2 is 1.42 bits per heavy atom. The molecule has 0 aliphatic carbocycles. The first-order valence-electron chi connectivity index (χ1n) is 12.3.